The summed E-state index contributed by atoms with van der Waals surface area (Å²) in [6, 6.07) is 14.5. The number of ether oxygens (including phenoxy) is 1. The molecule has 0 bridgehead atoms. The van der Waals surface area contributed by atoms with E-state index in [9.17, 15) is 9.59 Å². The van der Waals surface area contributed by atoms with Gasteiger partial charge in [-0.1, -0.05) is 24.3 Å². The summed E-state index contributed by atoms with van der Waals surface area (Å²) in [5, 5.41) is 12.4. The van der Waals surface area contributed by atoms with E-state index in [1.165, 1.54) is 5.56 Å². The van der Waals surface area contributed by atoms with Gasteiger partial charge in [0.1, 0.15) is 5.75 Å². The van der Waals surface area contributed by atoms with Gasteiger partial charge in [0, 0.05) is 18.2 Å². The van der Waals surface area contributed by atoms with Crippen molar-refractivity contribution in [2.45, 2.75) is 32.2 Å². The molecule has 7 nitrogen and oxygen atoms in total. The molecule has 0 fully saturated rings. The van der Waals surface area contributed by atoms with Crippen molar-refractivity contribution in [2.75, 3.05) is 5.32 Å². The highest BCUT2D eigenvalue weighted by atomic mass is 16.5. The van der Waals surface area contributed by atoms with Crippen LogP contribution >= 0.6 is 0 Å². The molecule has 3 N–H and O–H groups in total. The van der Waals surface area contributed by atoms with Crippen molar-refractivity contribution in [1.82, 2.24) is 15.5 Å². The minimum absolute atomic E-state index is 0.0972. The quantitative estimate of drug-likeness (QED) is 0.597. The van der Waals surface area contributed by atoms with Gasteiger partial charge < -0.3 is 15.4 Å². The molecule has 7 heteroatoms. The third kappa shape index (κ3) is 4.45. The summed E-state index contributed by atoms with van der Waals surface area (Å²) in [5.74, 6) is -0.253. The zero-order valence-corrected chi connectivity index (χ0v) is 16.1. The summed E-state index contributed by atoms with van der Waals surface area (Å²) in [6.45, 7) is 1.97. The smallest absolute Gasteiger partial charge is 0.313 e. The highest BCUT2D eigenvalue weighted by Gasteiger charge is 2.24. The monoisotopic (exact) mass is 390 g/mol. The number of hydrogen-bond donors (Lipinski definition) is 3. The van der Waals surface area contributed by atoms with Crippen molar-refractivity contribution in [1.29, 1.82) is 0 Å². The van der Waals surface area contributed by atoms with Crippen molar-refractivity contribution < 1.29 is 14.3 Å². The Balaban J connectivity index is 1.40. The standard InChI is InChI=1S/C22H22N4O3/c1-14-5-4-6-17(11-14)29-20-8-3-2-7-18(20)25-22(28)21(27)24-16-10-9-15-13-23-26-19(15)12-16/h2-8,11,13,16H,9-10,12H2,1H3,(H,23,26)(H,24,27)(H,25,28)/t16-/m1/s1. The maximum absolute atomic E-state index is 12.4. The van der Waals surface area contributed by atoms with Crippen LogP contribution in [0.25, 0.3) is 0 Å². The number of aromatic nitrogens is 2. The third-order valence-electron chi connectivity index (χ3n) is 4.91. The molecule has 0 unspecified atom stereocenters. The Bertz CT molecular complexity index is 1040. The molecule has 148 valence electrons. The minimum Gasteiger partial charge on any atom is -0.455 e. The number of fused-ring (bicyclic) bond motifs is 1. The molecule has 0 spiro atoms. The Morgan fingerprint density at radius 3 is 2.86 bits per heavy atom. The van der Waals surface area contributed by atoms with Gasteiger partial charge in [0.2, 0.25) is 0 Å². The minimum atomic E-state index is -0.722. The molecular formula is C22H22N4O3. The van der Waals surface area contributed by atoms with E-state index < -0.39 is 11.8 Å². The number of anilines is 1. The summed E-state index contributed by atoms with van der Waals surface area (Å²) in [4.78, 5) is 24.8. The number of aryl methyl sites for hydroxylation is 2. The molecule has 1 atom stereocenters. The Kier molecular flexibility index (Phi) is 5.29. The van der Waals surface area contributed by atoms with Gasteiger partial charge in [-0.3, -0.25) is 14.7 Å². The van der Waals surface area contributed by atoms with Crippen LogP contribution in [0, 0.1) is 6.92 Å². The first kappa shape index (κ1) is 18.7. The van der Waals surface area contributed by atoms with E-state index in [2.05, 4.69) is 20.8 Å². The second-order valence-corrected chi connectivity index (χ2v) is 7.16. The van der Waals surface area contributed by atoms with Gasteiger partial charge in [-0.15, -0.1) is 0 Å². The number of carbonyl (C=O) groups excluding carboxylic acids is 2. The highest BCUT2D eigenvalue weighted by Crippen LogP contribution is 2.29. The first-order valence-corrected chi connectivity index (χ1v) is 9.55. The molecule has 1 aliphatic carbocycles. The average Bonchev–Trinajstić information content (AvgIpc) is 3.17. The number of aromatic amines is 1. The van der Waals surface area contributed by atoms with Crippen LogP contribution in [0.4, 0.5) is 5.69 Å². The van der Waals surface area contributed by atoms with Gasteiger partial charge in [0.15, 0.2) is 5.75 Å². The molecule has 0 saturated carbocycles. The second-order valence-electron chi connectivity index (χ2n) is 7.16. The molecule has 0 saturated heterocycles. The number of hydrogen-bond acceptors (Lipinski definition) is 4. The first-order valence-electron chi connectivity index (χ1n) is 9.55. The Morgan fingerprint density at radius 2 is 2.00 bits per heavy atom. The fourth-order valence-corrected chi connectivity index (χ4v) is 3.43. The van der Waals surface area contributed by atoms with Crippen LogP contribution in [-0.2, 0) is 22.4 Å². The van der Waals surface area contributed by atoms with Crippen LogP contribution in [0.3, 0.4) is 0 Å². The molecular weight excluding hydrogens is 368 g/mol. The number of H-pyrrole nitrogens is 1. The lowest BCUT2D eigenvalue weighted by Gasteiger charge is -2.22. The number of benzene rings is 2. The van der Waals surface area contributed by atoms with Gasteiger partial charge in [-0.05, 0) is 55.2 Å². The third-order valence-corrected chi connectivity index (χ3v) is 4.91. The number of carbonyl (C=O) groups is 2. The van der Waals surface area contributed by atoms with E-state index in [0.29, 0.717) is 23.6 Å². The highest BCUT2D eigenvalue weighted by molar-refractivity contribution is 6.39. The molecule has 0 aliphatic heterocycles. The van der Waals surface area contributed by atoms with Crippen LogP contribution < -0.4 is 15.4 Å². The number of nitrogens with one attached hydrogen (secondary N) is 3. The van der Waals surface area contributed by atoms with Crippen molar-refractivity contribution >= 4 is 17.5 Å². The first-order chi connectivity index (χ1) is 14.1. The van der Waals surface area contributed by atoms with Gasteiger partial charge in [0.25, 0.3) is 0 Å². The Morgan fingerprint density at radius 1 is 1.14 bits per heavy atom. The van der Waals surface area contributed by atoms with Crippen LogP contribution in [0.15, 0.2) is 54.7 Å². The molecule has 0 radical (unpaired) electrons. The van der Waals surface area contributed by atoms with Gasteiger partial charge in [-0.25, -0.2) is 0 Å². The van der Waals surface area contributed by atoms with Crippen molar-refractivity contribution in [3.05, 3.63) is 71.5 Å². The lowest BCUT2D eigenvalue weighted by molar-refractivity contribution is -0.136. The summed E-state index contributed by atoms with van der Waals surface area (Å²) < 4.78 is 5.89. The van der Waals surface area contributed by atoms with Gasteiger partial charge in [-0.2, -0.15) is 5.10 Å². The van der Waals surface area contributed by atoms with Crippen LogP contribution in [-0.4, -0.2) is 28.1 Å². The number of rotatable bonds is 4. The van der Waals surface area contributed by atoms with E-state index in [0.717, 1.165) is 24.1 Å². The second kappa shape index (κ2) is 8.18. The summed E-state index contributed by atoms with van der Waals surface area (Å²) >= 11 is 0. The Hall–Kier alpha value is -3.61. The fourth-order valence-electron chi connectivity index (χ4n) is 3.43. The largest absolute Gasteiger partial charge is 0.455 e. The molecule has 4 rings (SSSR count). The zero-order chi connectivity index (χ0) is 20.2. The van der Waals surface area contributed by atoms with Crippen LogP contribution in [0.2, 0.25) is 0 Å². The number of amides is 2. The van der Waals surface area contributed by atoms with Gasteiger partial charge in [0.05, 0.1) is 11.9 Å². The molecule has 3 aromatic rings. The fraction of sp³-hybridized carbons (Fsp3) is 0.227. The Labute approximate surface area is 168 Å². The maximum atomic E-state index is 12.4. The van der Waals surface area contributed by atoms with Crippen molar-refractivity contribution in [3.63, 3.8) is 0 Å². The van der Waals surface area contributed by atoms with Crippen LogP contribution in [0.5, 0.6) is 11.5 Å². The SMILES string of the molecule is Cc1cccc(Oc2ccccc2NC(=O)C(=O)N[C@@H]2CCc3cn[nH]c3C2)c1. The summed E-state index contributed by atoms with van der Waals surface area (Å²) in [6.07, 6.45) is 4.05. The summed E-state index contributed by atoms with van der Waals surface area (Å²) in [5.41, 5.74) is 3.69. The van der Waals surface area contributed by atoms with Gasteiger partial charge >= 0.3 is 11.8 Å². The van der Waals surface area contributed by atoms with E-state index in [-0.39, 0.29) is 6.04 Å². The number of para-hydroxylation sites is 2. The predicted molar refractivity (Wildman–Crippen MR) is 109 cm³/mol. The average molecular weight is 390 g/mol. The predicted octanol–water partition coefficient (Wildman–Crippen LogP) is 3.12. The molecule has 1 aromatic heterocycles. The lowest BCUT2D eigenvalue weighted by Crippen LogP contribution is -2.44. The normalized spacial score (nSPS) is 15.3. The molecule has 1 aliphatic rings. The topological polar surface area (TPSA) is 96.1 Å². The van der Waals surface area contributed by atoms with E-state index in [1.807, 2.05) is 43.5 Å². The molecule has 1 heterocycles. The zero-order valence-electron chi connectivity index (χ0n) is 16.1. The molecule has 2 amide bonds. The lowest BCUT2D eigenvalue weighted by atomic mass is 9.94. The molecule has 2 aromatic carbocycles. The van der Waals surface area contributed by atoms with E-state index in [1.54, 1.807) is 18.2 Å². The van der Waals surface area contributed by atoms with E-state index >= 15 is 0 Å². The van der Waals surface area contributed by atoms with E-state index in [4.69, 9.17) is 4.74 Å². The van der Waals surface area contributed by atoms with Crippen molar-refractivity contribution in [2.24, 2.45) is 0 Å². The molecule has 29 heavy (non-hydrogen) atoms. The van der Waals surface area contributed by atoms with Crippen LogP contribution in [0.1, 0.15) is 23.2 Å². The summed E-state index contributed by atoms with van der Waals surface area (Å²) in [7, 11) is 0. The van der Waals surface area contributed by atoms with Crippen molar-refractivity contribution in [3.8, 4) is 11.5 Å². The number of nitrogens with zero attached hydrogens (tertiary/aromatic N) is 1. The maximum Gasteiger partial charge on any atom is 0.313 e.